The second-order valence-corrected chi connectivity index (χ2v) is 3.52. The molecule has 1 aliphatic heterocycles. The van der Waals surface area contributed by atoms with Crippen LogP contribution in [0.1, 0.15) is 12.6 Å². The fourth-order valence-corrected chi connectivity index (χ4v) is 1.69. The van der Waals surface area contributed by atoms with Crippen molar-refractivity contribution in [1.29, 1.82) is 0 Å². The van der Waals surface area contributed by atoms with Crippen molar-refractivity contribution < 1.29 is 0 Å². The van der Waals surface area contributed by atoms with Crippen molar-refractivity contribution in [3.63, 3.8) is 0 Å². The molecule has 66 valence electrons. The van der Waals surface area contributed by atoms with Gasteiger partial charge in [0.15, 0.2) is 0 Å². The van der Waals surface area contributed by atoms with Crippen LogP contribution in [0.4, 0.5) is 0 Å². The molecule has 1 aliphatic rings. The van der Waals surface area contributed by atoms with Crippen molar-refractivity contribution in [3.05, 3.63) is 24.0 Å². The first kappa shape index (κ1) is 7.83. The molecule has 1 unspecified atom stereocenters. The zero-order valence-corrected chi connectivity index (χ0v) is 7.35. The van der Waals surface area contributed by atoms with E-state index in [1.807, 2.05) is 12.3 Å². The van der Waals surface area contributed by atoms with Crippen LogP contribution in [-0.2, 0) is 5.54 Å². The van der Waals surface area contributed by atoms with E-state index in [0.29, 0.717) is 0 Å². The number of H-pyrrole nitrogens is 1. The first-order chi connectivity index (χ1) is 5.81. The number of piperazine rings is 1. The van der Waals surface area contributed by atoms with E-state index < -0.39 is 0 Å². The summed E-state index contributed by atoms with van der Waals surface area (Å²) < 4.78 is 0. The predicted octanol–water partition coefficient (Wildman–Crippen LogP) is 0.423. The molecule has 2 heterocycles. The van der Waals surface area contributed by atoms with E-state index in [-0.39, 0.29) is 5.54 Å². The fourth-order valence-electron chi connectivity index (χ4n) is 1.69. The molecule has 0 radical (unpaired) electrons. The Labute approximate surface area is 72.6 Å². The summed E-state index contributed by atoms with van der Waals surface area (Å²) >= 11 is 0. The van der Waals surface area contributed by atoms with E-state index >= 15 is 0 Å². The molecule has 12 heavy (non-hydrogen) atoms. The molecular weight excluding hydrogens is 150 g/mol. The zero-order valence-electron chi connectivity index (χ0n) is 7.35. The quantitative estimate of drug-likeness (QED) is 0.564. The fraction of sp³-hybridized carbons (Fsp3) is 0.556. The lowest BCUT2D eigenvalue weighted by Gasteiger charge is -2.34. The number of hydrogen-bond donors (Lipinski definition) is 3. The van der Waals surface area contributed by atoms with Crippen LogP contribution in [0.15, 0.2) is 18.3 Å². The van der Waals surface area contributed by atoms with Crippen molar-refractivity contribution in [2.24, 2.45) is 0 Å². The maximum absolute atomic E-state index is 3.50. The molecule has 0 amide bonds. The SMILES string of the molecule is CC1(c2ccc[nH]2)CNCCN1. The third-order valence-electron chi connectivity index (χ3n) is 2.49. The van der Waals surface area contributed by atoms with Crippen LogP contribution < -0.4 is 10.6 Å². The van der Waals surface area contributed by atoms with Crippen LogP contribution >= 0.6 is 0 Å². The molecule has 1 atom stereocenters. The molecular formula is C9H15N3. The van der Waals surface area contributed by atoms with Gasteiger partial charge in [0.05, 0.1) is 5.54 Å². The Morgan fingerprint density at radius 3 is 2.92 bits per heavy atom. The molecule has 0 spiro atoms. The van der Waals surface area contributed by atoms with Crippen LogP contribution in [0.3, 0.4) is 0 Å². The summed E-state index contributed by atoms with van der Waals surface area (Å²) in [6, 6.07) is 4.16. The van der Waals surface area contributed by atoms with Gasteiger partial charge in [-0.1, -0.05) is 0 Å². The smallest absolute Gasteiger partial charge is 0.0684 e. The Morgan fingerprint density at radius 2 is 2.33 bits per heavy atom. The van der Waals surface area contributed by atoms with E-state index in [9.17, 15) is 0 Å². The van der Waals surface area contributed by atoms with E-state index in [2.05, 4.69) is 28.6 Å². The van der Waals surface area contributed by atoms with Crippen LogP contribution in [0.2, 0.25) is 0 Å². The van der Waals surface area contributed by atoms with Crippen LogP contribution in [-0.4, -0.2) is 24.6 Å². The largest absolute Gasteiger partial charge is 0.363 e. The van der Waals surface area contributed by atoms with Gasteiger partial charge in [0.25, 0.3) is 0 Å². The van der Waals surface area contributed by atoms with E-state index in [0.717, 1.165) is 19.6 Å². The van der Waals surface area contributed by atoms with Crippen molar-refractivity contribution in [3.8, 4) is 0 Å². The van der Waals surface area contributed by atoms with Crippen LogP contribution in [0.5, 0.6) is 0 Å². The molecule has 1 aromatic rings. The Bertz CT molecular complexity index is 234. The number of nitrogens with one attached hydrogen (secondary N) is 3. The van der Waals surface area contributed by atoms with Gasteiger partial charge in [0.2, 0.25) is 0 Å². The molecule has 1 fully saturated rings. The average Bonchev–Trinajstić information content (AvgIpc) is 2.58. The summed E-state index contributed by atoms with van der Waals surface area (Å²) in [7, 11) is 0. The Morgan fingerprint density at radius 1 is 1.42 bits per heavy atom. The molecule has 0 aromatic carbocycles. The normalized spacial score (nSPS) is 30.4. The topological polar surface area (TPSA) is 39.9 Å². The van der Waals surface area contributed by atoms with Gasteiger partial charge in [-0.25, -0.2) is 0 Å². The van der Waals surface area contributed by atoms with Crippen molar-refractivity contribution in [2.75, 3.05) is 19.6 Å². The molecule has 3 nitrogen and oxygen atoms in total. The minimum Gasteiger partial charge on any atom is -0.363 e. The van der Waals surface area contributed by atoms with Gasteiger partial charge >= 0.3 is 0 Å². The summed E-state index contributed by atoms with van der Waals surface area (Å²) in [6.07, 6.45) is 1.97. The van der Waals surface area contributed by atoms with Gasteiger partial charge in [-0.05, 0) is 19.1 Å². The Hall–Kier alpha value is -0.800. The van der Waals surface area contributed by atoms with Crippen LogP contribution in [0.25, 0.3) is 0 Å². The molecule has 1 saturated heterocycles. The summed E-state index contributed by atoms with van der Waals surface area (Å²) in [5.74, 6) is 0. The highest BCUT2D eigenvalue weighted by Gasteiger charge is 2.28. The monoisotopic (exact) mass is 165 g/mol. The van der Waals surface area contributed by atoms with Crippen LogP contribution in [0, 0.1) is 0 Å². The maximum Gasteiger partial charge on any atom is 0.0684 e. The lowest BCUT2D eigenvalue weighted by atomic mass is 9.96. The highest BCUT2D eigenvalue weighted by Crippen LogP contribution is 2.18. The number of hydrogen-bond acceptors (Lipinski definition) is 2. The summed E-state index contributed by atoms with van der Waals surface area (Å²) in [4.78, 5) is 3.24. The van der Waals surface area contributed by atoms with Gasteiger partial charge in [-0.15, -0.1) is 0 Å². The minimum absolute atomic E-state index is 0.0851. The van der Waals surface area contributed by atoms with Gasteiger partial charge in [0, 0.05) is 31.5 Å². The molecule has 0 bridgehead atoms. The third kappa shape index (κ3) is 1.26. The van der Waals surface area contributed by atoms with Crippen molar-refractivity contribution in [1.82, 2.24) is 15.6 Å². The standard InChI is InChI=1S/C9H15N3/c1-9(7-10-5-6-12-9)8-3-2-4-11-8/h2-4,10-12H,5-7H2,1H3. The highest BCUT2D eigenvalue weighted by atomic mass is 15.1. The zero-order chi connectivity index (χ0) is 8.44. The second-order valence-electron chi connectivity index (χ2n) is 3.52. The molecule has 3 N–H and O–H groups in total. The minimum atomic E-state index is 0.0851. The van der Waals surface area contributed by atoms with Crippen molar-refractivity contribution >= 4 is 0 Å². The van der Waals surface area contributed by atoms with E-state index in [1.54, 1.807) is 0 Å². The lowest BCUT2D eigenvalue weighted by molar-refractivity contribution is 0.297. The van der Waals surface area contributed by atoms with Gasteiger partial charge in [0.1, 0.15) is 0 Å². The van der Waals surface area contributed by atoms with Gasteiger partial charge in [-0.2, -0.15) is 0 Å². The predicted molar refractivity (Wildman–Crippen MR) is 49.0 cm³/mol. The highest BCUT2D eigenvalue weighted by molar-refractivity contribution is 5.16. The summed E-state index contributed by atoms with van der Waals surface area (Å²) in [5, 5.41) is 6.89. The lowest BCUT2D eigenvalue weighted by Crippen LogP contribution is -2.55. The first-order valence-electron chi connectivity index (χ1n) is 4.41. The molecule has 0 saturated carbocycles. The third-order valence-corrected chi connectivity index (χ3v) is 2.49. The average molecular weight is 165 g/mol. The number of aromatic amines is 1. The van der Waals surface area contributed by atoms with Gasteiger partial charge < -0.3 is 15.6 Å². The number of aromatic nitrogens is 1. The summed E-state index contributed by atoms with van der Waals surface area (Å²) in [6.45, 7) is 5.31. The molecule has 3 heteroatoms. The first-order valence-corrected chi connectivity index (χ1v) is 4.41. The van der Waals surface area contributed by atoms with E-state index in [4.69, 9.17) is 0 Å². The molecule has 0 aliphatic carbocycles. The van der Waals surface area contributed by atoms with E-state index in [1.165, 1.54) is 5.69 Å². The second kappa shape index (κ2) is 2.92. The van der Waals surface area contributed by atoms with Crippen molar-refractivity contribution in [2.45, 2.75) is 12.5 Å². The maximum atomic E-state index is 3.50. The Kier molecular flexibility index (Phi) is 1.90. The molecule has 1 aromatic heterocycles. The van der Waals surface area contributed by atoms with Gasteiger partial charge in [-0.3, -0.25) is 0 Å². The number of rotatable bonds is 1. The molecule has 2 rings (SSSR count). The Balaban J connectivity index is 2.19. The summed E-state index contributed by atoms with van der Waals surface area (Å²) in [5.41, 5.74) is 1.34.